The van der Waals surface area contributed by atoms with Crippen LogP contribution in [0.1, 0.15) is 5.56 Å². The van der Waals surface area contributed by atoms with E-state index in [0.29, 0.717) is 13.1 Å². The van der Waals surface area contributed by atoms with Gasteiger partial charge < -0.3 is 10.6 Å². The molecule has 120 valence electrons. The minimum absolute atomic E-state index is 0.0112. The second-order valence-corrected chi connectivity index (χ2v) is 6.71. The van der Waals surface area contributed by atoms with Crippen LogP contribution in [0.5, 0.6) is 0 Å². The van der Waals surface area contributed by atoms with Crippen molar-refractivity contribution >= 4 is 27.5 Å². The number of rotatable bonds is 3. The van der Waals surface area contributed by atoms with Crippen molar-refractivity contribution in [3.63, 3.8) is 0 Å². The van der Waals surface area contributed by atoms with Gasteiger partial charge in [-0.1, -0.05) is 46.3 Å². The molecule has 0 aliphatic carbocycles. The third-order valence-electron chi connectivity index (χ3n) is 4.07. The first kappa shape index (κ1) is 16.2. The van der Waals surface area contributed by atoms with Gasteiger partial charge in [0.15, 0.2) is 0 Å². The Morgan fingerprint density at radius 2 is 1.74 bits per heavy atom. The highest BCUT2D eigenvalue weighted by Gasteiger charge is 2.28. The highest BCUT2D eigenvalue weighted by Crippen LogP contribution is 2.21. The first-order valence-electron chi connectivity index (χ1n) is 7.72. The molecule has 1 aliphatic heterocycles. The van der Waals surface area contributed by atoms with E-state index in [2.05, 4.69) is 33.0 Å². The Labute approximate surface area is 145 Å². The Morgan fingerprint density at radius 1 is 1.04 bits per heavy atom. The Kier molecular flexibility index (Phi) is 5.10. The smallest absolute Gasteiger partial charge is 0.245 e. The number of carbonyl (C=O) groups excluding carboxylic acids is 1. The van der Waals surface area contributed by atoms with Crippen molar-refractivity contribution in [1.82, 2.24) is 4.90 Å². The third-order valence-corrected chi connectivity index (χ3v) is 4.59. The van der Waals surface area contributed by atoms with Gasteiger partial charge in [0, 0.05) is 36.3 Å². The summed E-state index contributed by atoms with van der Waals surface area (Å²) < 4.78 is 0.999. The van der Waals surface area contributed by atoms with E-state index in [1.807, 2.05) is 42.5 Å². The summed E-state index contributed by atoms with van der Waals surface area (Å²) in [7, 11) is 0. The molecule has 1 unspecified atom stereocenters. The first-order valence-corrected chi connectivity index (χ1v) is 8.51. The number of nitrogens with two attached hydrogens (primary N) is 1. The summed E-state index contributed by atoms with van der Waals surface area (Å²) in [6.45, 7) is 2.86. The summed E-state index contributed by atoms with van der Waals surface area (Å²) in [5.74, 6) is -0.0112. The number of anilines is 1. The maximum absolute atomic E-state index is 12.6. The molecule has 2 N–H and O–H groups in total. The molecule has 3 rings (SSSR count). The van der Waals surface area contributed by atoms with E-state index in [-0.39, 0.29) is 5.91 Å². The van der Waals surface area contributed by atoms with Crippen molar-refractivity contribution in [3.8, 4) is 0 Å². The van der Waals surface area contributed by atoms with Gasteiger partial charge in [0.05, 0.1) is 6.04 Å². The molecule has 1 fully saturated rings. The minimum Gasteiger partial charge on any atom is -0.319 e. The van der Waals surface area contributed by atoms with Crippen molar-refractivity contribution in [1.29, 1.82) is 0 Å². The molecule has 1 amide bonds. The molecule has 0 radical (unpaired) electrons. The van der Waals surface area contributed by atoms with Gasteiger partial charge in [-0.25, -0.2) is 0 Å². The van der Waals surface area contributed by atoms with Gasteiger partial charge in [0.25, 0.3) is 0 Å². The second kappa shape index (κ2) is 7.25. The van der Waals surface area contributed by atoms with Crippen LogP contribution in [0.4, 0.5) is 5.69 Å². The fraction of sp³-hybridized carbons (Fsp3) is 0.278. The summed E-state index contributed by atoms with van der Waals surface area (Å²) in [6.07, 6.45) is 0. The number of halogens is 1. The Morgan fingerprint density at radius 3 is 2.43 bits per heavy atom. The molecule has 23 heavy (non-hydrogen) atoms. The van der Waals surface area contributed by atoms with Crippen molar-refractivity contribution in [2.75, 3.05) is 24.5 Å². The molecule has 0 saturated carbocycles. The van der Waals surface area contributed by atoms with Crippen LogP contribution in [0.15, 0.2) is 59.1 Å². The van der Waals surface area contributed by atoms with Crippen LogP contribution >= 0.6 is 15.9 Å². The largest absolute Gasteiger partial charge is 0.319 e. The van der Waals surface area contributed by atoms with Crippen molar-refractivity contribution in [2.24, 2.45) is 5.73 Å². The summed E-state index contributed by atoms with van der Waals surface area (Å²) >= 11 is 3.42. The molecule has 2 aromatic carbocycles. The van der Waals surface area contributed by atoms with Gasteiger partial charge >= 0.3 is 0 Å². The zero-order chi connectivity index (χ0) is 16.2. The van der Waals surface area contributed by atoms with Crippen molar-refractivity contribution < 1.29 is 4.79 Å². The fourth-order valence-electron chi connectivity index (χ4n) is 2.86. The van der Waals surface area contributed by atoms with Crippen LogP contribution in [0.2, 0.25) is 0 Å². The van der Waals surface area contributed by atoms with E-state index in [4.69, 9.17) is 5.73 Å². The van der Waals surface area contributed by atoms with Crippen LogP contribution in [0.25, 0.3) is 0 Å². The van der Waals surface area contributed by atoms with Gasteiger partial charge in [0.1, 0.15) is 0 Å². The molecule has 0 aromatic heterocycles. The molecule has 1 aliphatic rings. The van der Waals surface area contributed by atoms with E-state index in [1.54, 1.807) is 4.90 Å². The lowest BCUT2D eigenvalue weighted by atomic mass is 10.2. The van der Waals surface area contributed by atoms with Gasteiger partial charge in [-0.3, -0.25) is 9.69 Å². The summed E-state index contributed by atoms with van der Waals surface area (Å²) in [6, 6.07) is 17.6. The van der Waals surface area contributed by atoms with Gasteiger partial charge in [-0.2, -0.15) is 0 Å². The zero-order valence-corrected chi connectivity index (χ0v) is 14.4. The summed E-state index contributed by atoms with van der Waals surface area (Å²) in [5, 5.41) is 0. The lowest BCUT2D eigenvalue weighted by Crippen LogP contribution is -2.45. The van der Waals surface area contributed by atoms with Crippen LogP contribution in [-0.4, -0.2) is 36.5 Å². The lowest BCUT2D eigenvalue weighted by molar-refractivity contribution is -0.119. The predicted molar refractivity (Wildman–Crippen MR) is 96.2 cm³/mol. The quantitative estimate of drug-likeness (QED) is 0.899. The van der Waals surface area contributed by atoms with Crippen LogP contribution in [-0.2, 0) is 11.3 Å². The fourth-order valence-corrected chi connectivity index (χ4v) is 3.13. The number of carbonyl (C=O) groups is 1. The molecular weight excluding hydrogens is 354 g/mol. The molecule has 5 heteroatoms. The van der Waals surface area contributed by atoms with Crippen LogP contribution in [0, 0.1) is 0 Å². The number of hydrogen-bond acceptors (Lipinski definition) is 3. The summed E-state index contributed by atoms with van der Waals surface area (Å²) in [4.78, 5) is 16.6. The minimum atomic E-state index is -0.496. The van der Waals surface area contributed by atoms with Crippen molar-refractivity contribution in [3.05, 3.63) is 64.6 Å². The molecule has 2 aromatic rings. The maximum atomic E-state index is 12.6. The predicted octanol–water partition coefficient (Wildman–Crippen LogP) is 2.63. The van der Waals surface area contributed by atoms with Gasteiger partial charge in [-0.15, -0.1) is 0 Å². The third kappa shape index (κ3) is 3.99. The zero-order valence-electron chi connectivity index (χ0n) is 12.9. The molecule has 1 atom stereocenters. The number of nitrogens with zero attached hydrogens (tertiary/aromatic N) is 2. The molecule has 1 saturated heterocycles. The van der Waals surface area contributed by atoms with Crippen molar-refractivity contribution in [2.45, 2.75) is 12.6 Å². The molecule has 1 heterocycles. The Balaban J connectivity index is 1.74. The standard InChI is InChI=1S/C18H20BrN3O/c19-15-6-8-16(9-7-15)22-11-10-21(13-17(20)18(22)23)12-14-4-2-1-3-5-14/h1-9,17H,10-13,20H2. The maximum Gasteiger partial charge on any atom is 0.245 e. The Bertz CT molecular complexity index is 660. The Hall–Kier alpha value is -1.69. The van der Waals surface area contributed by atoms with E-state index < -0.39 is 6.04 Å². The van der Waals surface area contributed by atoms with E-state index in [1.165, 1.54) is 5.56 Å². The average molecular weight is 374 g/mol. The van der Waals surface area contributed by atoms with E-state index in [9.17, 15) is 4.79 Å². The highest BCUT2D eigenvalue weighted by molar-refractivity contribution is 9.10. The normalized spacial score (nSPS) is 19.7. The number of hydrogen-bond donors (Lipinski definition) is 1. The topological polar surface area (TPSA) is 49.6 Å². The van der Waals surface area contributed by atoms with Gasteiger partial charge in [0.2, 0.25) is 5.91 Å². The SMILES string of the molecule is NC1CN(Cc2ccccc2)CCN(c2ccc(Br)cc2)C1=O. The first-order chi connectivity index (χ1) is 11.1. The highest BCUT2D eigenvalue weighted by atomic mass is 79.9. The monoisotopic (exact) mass is 373 g/mol. The van der Waals surface area contributed by atoms with Crippen LogP contribution in [0.3, 0.4) is 0 Å². The molecular formula is C18H20BrN3O. The van der Waals surface area contributed by atoms with E-state index >= 15 is 0 Å². The molecule has 0 spiro atoms. The number of benzene rings is 2. The second-order valence-electron chi connectivity index (χ2n) is 5.79. The van der Waals surface area contributed by atoms with Crippen LogP contribution < -0.4 is 10.6 Å². The summed E-state index contributed by atoms with van der Waals surface area (Å²) in [5.41, 5.74) is 8.28. The lowest BCUT2D eigenvalue weighted by Gasteiger charge is -2.22. The molecule has 0 bridgehead atoms. The van der Waals surface area contributed by atoms with E-state index in [0.717, 1.165) is 23.2 Å². The number of amides is 1. The average Bonchev–Trinajstić information content (AvgIpc) is 2.69. The van der Waals surface area contributed by atoms with Gasteiger partial charge in [-0.05, 0) is 29.8 Å². The molecule has 4 nitrogen and oxygen atoms in total.